The highest BCUT2D eigenvalue weighted by atomic mass is 19.1. The molecule has 1 aromatic rings. The number of hydrogen-bond acceptors (Lipinski definition) is 2. The molecule has 0 aromatic heterocycles. The van der Waals surface area contributed by atoms with Gasteiger partial charge in [0.15, 0.2) is 0 Å². The summed E-state index contributed by atoms with van der Waals surface area (Å²) >= 11 is 0. The molecule has 1 aliphatic carbocycles. The maximum Gasteiger partial charge on any atom is 0.127 e. The molecular formula is C16H25FN2. The molecule has 0 saturated heterocycles. The van der Waals surface area contributed by atoms with E-state index in [0.717, 1.165) is 12.1 Å². The summed E-state index contributed by atoms with van der Waals surface area (Å²) in [5.74, 6) is -0.0924. The van der Waals surface area contributed by atoms with Crippen molar-refractivity contribution in [1.29, 1.82) is 0 Å². The van der Waals surface area contributed by atoms with Crippen molar-refractivity contribution in [2.45, 2.75) is 51.2 Å². The molecule has 0 spiro atoms. The summed E-state index contributed by atoms with van der Waals surface area (Å²) in [6, 6.07) is 8.17. The average molecular weight is 264 g/mol. The minimum atomic E-state index is -0.0924. The van der Waals surface area contributed by atoms with Gasteiger partial charge in [-0.15, -0.1) is 0 Å². The zero-order chi connectivity index (χ0) is 13.7. The van der Waals surface area contributed by atoms with Crippen LogP contribution in [0.3, 0.4) is 0 Å². The Bertz CT molecular complexity index is 392. The molecule has 0 bridgehead atoms. The number of benzene rings is 1. The number of likely N-dealkylation sites (N-methyl/N-ethyl adjacent to an activating group) is 2. The lowest BCUT2D eigenvalue weighted by Crippen LogP contribution is -2.50. The van der Waals surface area contributed by atoms with E-state index in [1.165, 1.54) is 25.7 Å². The predicted molar refractivity (Wildman–Crippen MR) is 77.6 cm³/mol. The second kappa shape index (κ2) is 7.01. The molecule has 106 valence electrons. The van der Waals surface area contributed by atoms with Crippen molar-refractivity contribution in [1.82, 2.24) is 10.2 Å². The van der Waals surface area contributed by atoms with Gasteiger partial charge in [-0.2, -0.15) is 0 Å². The molecule has 1 fully saturated rings. The SMILES string of the molecule is CCNC1CCCCC1N(C)Cc1ccccc1F. The minimum absolute atomic E-state index is 0.0924. The quantitative estimate of drug-likeness (QED) is 0.878. The molecule has 1 N–H and O–H groups in total. The molecule has 1 aliphatic rings. The van der Waals surface area contributed by atoms with Crippen molar-refractivity contribution >= 4 is 0 Å². The molecule has 0 heterocycles. The van der Waals surface area contributed by atoms with Gasteiger partial charge < -0.3 is 5.32 Å². The van der Waals surface area contributed by atoms with Crippen LogP contribution < -0.4 is 5.32 Å². The third-order valence-electron chi connectivity index (χ3n) is 4.14. The molecule has 0 aliphatic heterocycles. The highest BCUT2D eigenvalue weighted by Crippen LogP contribution is 2.24. The van der Waals surface area contributed by atoms with Crippen molar-refractivity contribution in [2.75, 3.05) is 13.6 Å². The van der Waals surface area contributed by atoms with Crippen LogP contribution in [-0.4, -0.2) is 30.6 Å². The van der Waals surface area contributed by atoms with Crippen LogP contribution in [0.2, 0.25) is 0 Å². The Balaban J connectivity index is 2.01. The zero-order valence-electron chi connectivity index (χ0n) is 12.0. The Morgan fingerprint density at radius 2 is 2.00 bits per heavy atom. The molecular weight excluding hydrogens is 239 g/mol. The second-order valence-corrected chi connectivity index (χ2v) is 5.52. The first kappa shape index (κ1) is 14.5. The number of nitrogens with one attached hydrogen (secondary N) is 1. The summed E-state index contributed by atoms with van der Waals surface area (Å²) in [6.45, 7) is 3.86. The van der Waals surface area contributed by atoms with Crippen LogP contribution in [0.4, 0.5) is 4.39 Å². The number of hydrogen-bond donors (Lipinski definition) is 1. The summed E-state index contributed by atoms with van der Waals surface area (Å²) in [5, 5.41) is 3.58. The van der Waals surface area contributed by atoms with Gasteiger partial charge in [-0.3, -0.25) is 4.90 Å². The summed E-state index contributed by atoms with van der Waals surface area (Å²) in [5.41, 5.74) is 0.797. The van der Waals surface area contributed by atoms with E-state index in [-0.39, 0.29) is 5.82 Å². The largest absolute Gasteiger partial charge is 0.313 e. The van der Waals surface area contributed by atoms with Gasteiger partial charge in [0.05, 0.1) is 0 Å². The van der Waals surface area contributed by atoms with Gasteiger partial charge in [-0.05, 0) is 32.5 Å². The lowest BCUT2D eigenvalue weighted by atomic mass is 9.89. The zero-order valence-corrected chi connectivity index (χ0v) is 12.0. The van der Waals surface area contributed by atoms with Gasteiger partial charge in [0.25, 0.3) is 0 Å². The van der Waals surface area contributed by atoms with Crippen LogP contribution in [0.5, 0.6) is 0 Å². The molecule has 3 heteroatoms. The van der Waals surface area contributed by atoms with Crippen LogP contribution in [0.25, 0.3) is 0 Å². The van der Waals surface area contributed by atoms with Crippen molar-refractivity contribution in [3.05, 3.63) is 35.6 Å². The van der Waals surface area contributed by atoms with Crippen LogP contribution >= 0.6 is 0 Å². The molecule has 0 radical (unpaired) electrons. The Hall–Kier alpha value is -0.930. The smallest absolute Gasteiger partial charge is 0.127 e. The van der Waals surface area contributed by atoms with Crippen molar-refractivity contribution in [3.8, 4) is 0 Å². The summed E-state index contributed by atoms with van der Waals surface area (Å²) in [7, 11) is 2.12. The standard InChI is InChI=1S/C16H25FN2/c1-3-18-15-10-6-7-11-16(15)19(2)12-13-8-4-5-9-14(13)17/h4-5,8-9,15-16,18H,3,6-7,10-12H2,1-2H3. The number of halogens is 1. The topological polar surface area (TPSA) is 15.3 Å². The fraction of sp³-hybridized carbons (Fsp3) is 0.625. The van der Waals surface area contributed by atoms with Crippen LogP contribution in [0, 0.1) is 5.82 Å². The highest BCUT2D eigenvalue weighted by Gasteiger charge is 2.27. The monoisotopic (exact) mass is 264 g/mol. The Labute approximate surface area is 116 Å². The molecule has 1 saturated carbocycles. The van der Waals surface area contributed by atoms with Crippen LogP contribution in [0.1, 0.15) is 38.2 Å². The molecule has 2 nitrogen and oxygen atoms in total. The van der Waals surface area contributed by atoms with Gasteiger partial charge in [-0.1, -0.05) is 38.0 Å². The Kier molecular flexibility index (Phi) is 5.34. The van der Waals surface area contributed by atoms with E-state index in [9.17, 15) is 4.39 Å². The van der Waals surface area contributed by atoms with Crippen molar-refractivity contribution in [3.63, 3.8) is 0 Å². The first-order valence-electron chi connectivity index (χ1n) is 7.39. The van der Waals surface area contributed by atoms with Gasteiger partial charge in [0, 0.05) is 24.2 Å². The van der Waals surface area contributed by atoms with Crippen LogP contribution in [-0.2, 0) is 6.54 Å². The average Bonchev–Trinajstić information content (AvgIpc) is 2.42. The predicted octanol–water partition coefficient (Wildman–Crippen LogP) is 3.18. The Morgan fingerprint density at radius 1 is 1.26 bits per heavy atom. The molecule has 2 rings (SSSR count). The summed E-state index contributed by atoms with van der Waals surface area (Å²) in [6.07, 6.45) is 5.04. The molecule has 2 unspecified atom stereocenters. The van der Waals surface area contributed by atoms with Crippen molar-refractivity contribution < 1.29 is 4.39 Å². The first-order valence-corrected chi connectivity index (χ1v) is 7.39. The van der Waals surface area contributed by atoms with Gasteiger partial charge in [0.1, 0.15) is 5.82 Å². The molecule has 0 amide bonds. The first-order chi connectivity index (χ1) is 9.22. The van der Waals surface area contributed by atoms with E-state index < -0.39 is 0 Å². The summed E-state index contributed by atoms with van der Waals surface area (Å²) < 4.78 is 13.7. The summed E-state index contributed by atoms with van der Waals surface area (Å²) in [4.78, 5) is 2.31. The Morgan fingerprint density at radius 3 is 2.74 bits per heavy atom. The third-order valence-corrected chi connectivity index (χ3v) is 4.14. The second-order valence-electron chi connectivity index (χ2n) is 5.52. The minimum Gasteiger partial charge on any atom is -0.313 e. The van der Waals surface area contributed by atoms with Gasteiger partial charge >= 0.3 is 0 Å². The fourth-order valence-electron chi connectivity index (χ4n) is 3.15. The van der Waals surface area contributed by atoms with Gasteiger partial charge in [-0.25, -0.2) is 4.39 Å². The number of nitrogens with zero attached hydrogens (tertiary/aromatic N) is 1. The van der Waals surface area contributed by atoms with E-state index in [4.69, 9.17) is 0 Å². The lowest BCUT2D eigenvalue weighted by molar-refractivity contribution is 0.143. The fourth-order valence-corrected chi connectivity index (χ4v) is 3.15. The van der Waals surface area contributed by atoms with E-state index >= 15 is 0 Å². The normalized spacial score (nSPS) is 23.8. The van der Waals surface area contributed by atoms with E-state index in [2.05, 4.69) is 24.2 Å². The lowest BCUT2D eigenvalue weighted by Gasteiger charge is -2.38. The van der Waals surface area contributed by atoms with Crippen LogP contribution in [0.15, 0.2) is 24.3 Å². The van der Waals surface area contributed by atoms with E-state index in [0.29, 0.717) is 18.6 Å². The number of rotatable bonds is 5. The third kappa shape index (κ3) is 3.77. The molecule has 2 atom stereocenters. The van der Waals surface area contributed by atoms with E-state index in [1.807, 2.05) is 12.1 Å². The molecule has 19 heavy (non-hydrogen) atoms. The van der Waals surface area contributed by atoms with Gasteiger partial charge in [0.2, 0.25) is 0 Å². The molecule has 1 aromatic carbocycles. The maximum atomic E-state index is 13.7. The maximum absolute atomic E-state index is 13.7. The van der Waals surface area contributed by atoms with E-state index in [1.54, 1.807) is 12.1 Å². The van der Waals surface area contributed by atoms with Crippen molar-refractivity contribution in [2.24, 2.45) is 0 Å². The highest BCUT2D eigenvalue weighted by molar-refractivity contribution is 5.17.